The summed E-state index contributed by atoms with van der Waals surface area (Å²) in [7, 11) is 0. The van der Waals surface area contributed by atoms with Crippen LogP contribution >= 0.6 is 0 Å². The molecule has 29 heavy (non-hydrogen) atoms. The Hall–Kier alpha value is -1.65. The smallest absolute Gasteiger partial charge is 0.302 e. The molecule has 0 saturated heterocycles. The molecule has 5 heteroatoms. The molecule has 1 N–H and O–H groups in total. The summed E-state index contributed by atoms with van der Waals surface area (Å²) < 4.78 is 5.56. The van der Waals surface area contributed by atoms with Gasteiger partial charge in [-0.15, -0.1) is 0 Å². The number of fused-ring (bicyclic) bond motifs is 5. The molecule has 0 aromatic heterocycles. The first-order valence-corrected chi connectivity index (χ1v) is 11.3. The second-order valence-corrected chi connectivity index (χ2v) is 10.5. The number of nitrogens with one attached hydrogen (secondary N) is 1. The van der Waals surface area contributed by atoms with Crippen LogP contribution in [0.3, 0.4) is 0 Å². The molecule has 160 valence electrons. The number of aldehydes is 1. The summed E-state index contributed by atoms with van der Waals surface area (Å²) in [5.74, 6) is 2.06. The number of hydrogen-bond acceptors (Lipinski definition) is 4. The number of hydrogen-bond donors (Lipinski definition) is 1. The minimum absolute atomic E-state index is 0.0807. The fourth-order valence-electron chi connectivity index (χ4n) is 7.78. The topological polar surface area (TPSA) is 72.5 Å². The third-order valence-electron chi connectivity index (χ3n) is 9.12. The second-order valence-electron chi connectivity index (χ2n) is 10.5. The lowest BCUT2D eigenvalue weighted by Gasteiger charge is -2.60. The van der Waals surface area contributed by atoms with E-state index in [0.29, 0.717) is 29.1 Å². The largest absolute Gasteiger partial charge is 0.463 e. The molecule has 7 atom stereocenters. The molecule has 4 aliphatic carbocycles. The van der Waals surface area contributed by atoms with Gasteiger partial charge in [0.1, 0.15) is 12.4 Å². The van der Waals surface area contributed by atoms with Gasteiger partial charge in [-0.05, 0) is 80.5 Å². The third kappa shape index (κ3) is 3.25. The van der Waals surface area contributed by atoms with Crippen molar-refractivity contribution < 1.29 is 19.1 Å². The van der Waals surface area contributed by atoms with Crippen LogP contribution in [-0.4, -0.2) is 24.3 Å². The summed E-state index contributed by atoms with van der Waals surface area (Å²) in [5, 5.41) is 3.03. The normalized spacial score (nSPS) is 43.7. The van der Waals surface area contributed by atoms with Crippen molar-refractivity contribution in [2.75, 3.05) is 0 Å². The molecular weight excluding hydrogens is 366 g/mol. The van der Waals surface area contributed by atoms with E-state index in [-0.39, 0.29) is 23.4 Å². The van der Waals surface area contributed by atoms with E-state index in [1.165, 1.54) is 26.7 Å². The van der Waals surface area contributed by atoms with E-state index >= 15 is 0 Å². The number of allylic oxidation sites excluding steroid dienone is 2. The number of esters is 1. The maximum atomic E-state index is 11.8. The number of carbonyl (C=O) groups excluding carboxylic acids is 3. The maximum Gasteiger partial charge on any atom is 0.302 e. The predicted octanol–water partition coefficient (Wildman–Crippen LogP) is 4.16. The summed E-state index contributed by atoms with van der Waals surface area (Å²) in [5.41, 5.74) is 1.90. The second kappa shape index (κ2) is 7.24. The van der Waals surface area contributed by atoms with Gasteiger partial charge in [0.15, 0.2) is 0 Å². The van der Waals surface area contributed by atoms with Gasteiger partial charge in [-0.1, -0.05) is 13.8 Å². The van der Waals surface area contributed by atoms with Gasteiger partial charge in [-0.3, -0.25) is 14.4 Å². The molecule has 0 aromatic rings. The van der Waals surface area contributed by atoms with Crippen molar-refractivity contribution in [2.24, 2.45) is 34.5 Å². The van der Waals surface area contributed by atoms with E-state index in [4.69, 9.17) is 4.74 Å². The van der Waals surface area contributed by atoms with Gasteiger partial charge in [-0.2, -0.15) is 0 Å². The molecule has 0 bridgehead atoms. The van der Waals surface area contributed by atoms with E-state index in [1.54, 1.807) is 0 Å². The minimum Gasteiger partial charge on any atom is -0.463 e. The molecule has 0 aromatic carbocycles. The number of rotatable bonds is 3. The van der Waals surface area contributed by atoms with Crippen molar-refractivity contribution >= 4 is 18.2 Å². The Kier molecular flexibility index (Phi) is 5.15. The van der Waals surface area contributed by atoms with Crippen LogP contribution in [0.15, 0.2) is 11.3 Å². The molecule has 0 aliphatic heterocycles. The highest BCUT2D eigenvalue weighted by molar-refractivity contribution is 5.81. The quantitative estimate of drug-likeness (QED) is 0.569. The van der Waals surface area contributed by atoms with E-state index < -0.39 is 0 Å². The standard InChI is InChI=1S/C24H35NO4/c1-14(27)25-22-16(13-26)11-21-19-6-5-17-12-18(29-15(2)28)7-9-23(17,3)20(19)8-10-24(21,22)4/h13,17-21H,5-12H2,1-4H3,(H,25,27)/t17?,18-,19+,20-,21-,23-,24-/m0/s1. The van der Waals surface area contributed by atoms with Gasteiger partial charge in [0.25, 0.3) is 0 Å². The van der Waals surface area contributed by atoms with Crippen LogP contribution in [0.5, 0.6) is 0 Å². The zero-order chi connectivity index (χ0) is 21.0. The molecule has 4 aliphatic rings. The van der Waals surface area contributed by atoms with Crippen molar-refractivity contribution in [2.45, 2.75) is 85.2 Å². The first-order valence-electron chi connectivity index (χ1n) is 11.3. The van der Waals surface area contributed by atoms with Gasteiger partial charge >= 0.3 is 5.97 Å². The number of ether oxygens (including phenoxy) is 1. The molecule has 0 heterocycles. The van der Waals surface area contributed by atoms with Crippen LogP contribution in [-0.2, 0) is 19.1 Å². The molecule has 0 radical (unpaired) electrons. The van der Waals surface area contributed by atoms with Crippen LogP contribution in [0.1, 0.15) is 79.1 Å². The summed E-state index contributed by atoms with van der Waals surface area (Å²) in [6.07, 6.45) is 9.47. The molecule has 3 fully saturated rings. The highest BCUT2D eigenvalue weighted by Crippen LogP contribution is 2.66. The number of amides is 1. The Morgan fingerprint density at radius 3 is 2.48 bits per heavy atom. The minimum atomic E-state index is -0.162. The first kappa shape index (κ1) is 20.6. The molecule has 4 rings (SSSR count). The molecule has 5 nitrogen and oxygen atoms in total. The fraction of sp³-hybridized carbons (Fsp3) is 0.792. The lowest BCUT2D eigenvalue weighted by molar-refractivity contribution is -0.158. The van der Waals surface area contributed by atoms with Crippen LogP contribution < -0.4 is 5.32 Å². The molecule has 1 unspecified atom stereocenters. The van der Waals surface area contributed by atoms with Crippen LogP contribution in [0.2, 0.25) is 0 Å². The Bertz CT molecular complexity index is 758. The summed E-state index contributed by atoms with van der Waals surface area (Å²) in [4.78, 5) is 35.0. The van der Waals surface area contributed by atoms with Crippen molar-refractivity contribution in [3.8, 4) is 0 Å². The van der Waals surface area contributed by atoms with Gasteiger partial charge in [-0.25, -0.2) is 0 Å². The van der Waals surface area contributed by atoms with E-state index in [1.807, 2.05) is 0 Å². The van der Waals surface area contributed by atoms with Gasteiger partial charge < -0.3 is 10.1 Å². The fourth-order valence-corrected chi connectivity index (χ4v) is 7.78. The summed E-state index contributed by atoms with van der Waals surface area (Å²) >= 11 is 0. The monoisotopic (exact) mass is 401 g/mol. The maximum absolute atomic E-state index is 11.8. The Morgan fingerprint density at radius 1 is 1.07 bits per heavy atom. The average molecular weight is 402 g/mol. The lowest BCUT2D eigenvalue weighted by Crippen LogP contribution is -2.54. The predicted molar refractivity (Wildman–Crippen MR) is 110 cm³/mol. The van der Waals surface area contributed by atoms with Crippen molar-refractivity contribution in [1.82, 2.24) is 5.32 Å². The van der Waals surface area contributed by atoms with E-state index in [2.05, 4.69) is 19.2 Å². The van der Waals surface area contributed by atoms with Crippen molar-refractivity contribution in [3.05, 3.63) is 11.3 Å². The summed E-state index contributed by atoms with van der Waals surface area (Å²) in [6, 6.07) is 0. The molecular formula is C24H35NO4. The van der Waals surface area contributed by atoms with Crippen LogP contribution in [0, 0.1) is 34.5 Å². The molecule has 3 saturated carbocycles. The van der Waals surface area contributed by atoms with Gasteiger partial charge in [0.2, 0.25) is 5.91 Å². The highest BCUT2D eigenvalue weighted by Gasteiger charge is 2.60. The van der Waals surface area contributed by atoms with Crippen LogP contribution in [0.4, 0.5) is 0 Å². The van der Waals surface area contributed by atoms with Crippen molar-refractivity contribution in [1.29, 1.82) is 0 Å². The van der Waals surface area contributed by atoms with Gasteiger partial charge in [0.05, 0.1) is 0 Å². The zero-order valence-electron chi connectivity index (χ0n) is 18.3. The molecule has 0 spiro atoms. The molecule has 1 amide bonds. The van der Waals surface area contributed by atoms with Gasteiger partial charge in [0, 0.05) is 30.5 Å². The number of carbonyl (C=O) groups is 3. The average Bonchev–Trinajstić information content (AvgIpc) is 2.93. The zero-order valence-corrected chi connectivity index (χ0v) is 18.3. The Balaban J connectivity index is 1.57. The summed E-state index contributed by atoms with van der Waals surface area (Å²) in [6.45, 7) is 7.78. The van der Waals surface area contributed by atoms with E-state index in [0.717, 1.165) is 56.1 Å². The Labute approximate surface area is 174 Å². The van der Waals surface area contributed by atoms with E-state index in [9.17, 15) is 14.4 Å². The SMILES string of the molecule is CC(=O)NC1=C(C=O)C[C@H]2[C@@H]3CCC4C[C@@H](OC(C)=O)CC[C@]4(C)[C@H]3CC[C@]12C. The lowest BCUT2D eigenvalue weighted by atomic mass is 9.45. The third-order valence-corrected chi connectivity index (χ3v) is 9.12. The highest BCUT2D eigenvalue weighted by atomic mass is 16.5. The van der Waals surface area contributed by atoms with Crippen molar-refractivity contribution in [3.63, 3.8) is 0 Å². The van der Waals surface area contributed by atoms with Crippen LogP contribution in [0.25, 0.3) is 0 Å². The Morgan fingerprint density at radius 2 is 1.83 bits per heavy atom. The first-order chi connectivity index (χ1) is 13.7.